The predicted molar refractivity (Wildman–Crippen MR) is 113 cm³/mol. The molecule has 0 aliphatic carbocycles. The molecule has 1 aliphatic rings. The van der Waals surface area contributed by atoms with E-state index >= 15 is 0 Å². The fourth-order valence-electron chi connectivity index (χ4n) is 3.67. The van der Waals surface area contributed by atoms with Crippen molar-refractivity contribution in [3.63, 3.8) is 0 Å². The van der Waals surface area contributed by atoms with Crippen molar-refractivity contribution in [1.29, 1.82) is 5.41 Å². The Hall–Kier alpha value is -3.93. The van der Waals surface area contributed by atoms with Crippen molar-refractivity contribution in [1.82, 2.24) is 4.90 Å². The third-order valence-electron chi connectivity index (χ3n) is 5.24. The van der Waals surface area contributed by atoms with Crippen LogP contribution in [0.2, 0.25) is 0 Å². The Balaban J connectivity index is 1.77. The van der Waals surface area contributed by atoms with Gasteiger partial charge in [0.2, 0.25) is 5.91 Å². The average molecular weight is 384 g/mol. The highest BCUT2D eigenvalue weighted by atomic mass is 16.2. The van der Waals surface area contributed by atoms with Crippen LogP contribution in [0.25, 0.3) is 21.9 Å². The second-order valence-electron chi connectivity index (χ2n) is 7.15. The molecule has 5 N–H and O–H groups in total. The van der Waals surface area contributed by atoms with E-state index in [9.17, 15) is 9.59 Å². The highest BCUT2D eigenvalue weighted by Gasteiger charge is 2.29. The molecule has 0 aromatic heterocycles. The van der Waals surface area contributed by atoms with Crippen molar-refractivity contribution < 1.29 is 9.59 Å². The Bertz CT molecular complexity index is 1210. The molecule has 0 bridgehead atoms. The summed E-state index contributed by atoms with van der Waals surface area (Å²) < 4.78 is 0. The normalized spacial score (nSPS) is 12.8. The van der Waals surface area contributed by atoms with Gasteiger partial charge >= 0.3 is 0 Å². The fourth-order valence-corrected chi connectivity index (χ4v) is 3.67. The number of nitrogens with one attached hydrogen (secondary N) is 1. The summed E-state index contributed by atoms with van der Waals surface area (Å²) in [6, 6.07) is 17.3. The van der Waals surface area contributed by atoms with E-state index in [0.717, 1.165) is 27.5 Å². The van der Waals surface area contributed by atoms with E-state index in [0.29, 0.717) is 17.7 Å². The molecule has 0 atom stereocenters. The number of amidine groups is 1. The Kier molecular flexibility index (Phi) is 4.39. The van der Waals surface area contributed by atoms with Crippen LogP contribution in [-0.4, -0.2) is 29.1 Å². The molecule has 3 aromatic carbocycles. The molecule has 3 aromatic rings. The number of hydrogen-bond acceptors (Lipinski definition) is 3. The summed E-state index contributed by atoms with van der Waals surface area (Å²) >= 11 is 0. The van der Waals surface area contributed by atoms with Crippen LogP contribution in [0, 0.1) is 5.41 Å². The molecule has 144 valence electrons. The molecule has 4 rings (SSSR count). The standard InChI is InChI=1S/C23H20N4O2/c1-13(22(26)28)11-27-12-20-18(23(27)29)8-7-14-5-6-16(10-19(14)20)15-3-2-4-17(9-15)21(24)25/h2-10H,1,11-12H2,(H3,24,25)(H2,26,28). The van der Waals surface area contributed by atoms with E-state index in [1.54, 1.807) is 11.0 Å². The summed E-state index contributed by atoms with van der Waals surface area (Å²) in [6.07, 6.45) is 0. The number of hydrogen-bond donors (Lipinski definition) is 3. The van der Waals surface area contributed by atoms with Gasteiger partial charge in [-0.1, -0.05) is 43.0 Å². The van der Waals surface area contributed by atoms with Crippen LogP contribution >= 0.6 is 0 Å². The van der Waals surface area contributed by atoms with E-state index in [1.807, 2.05) is 48.5 Å². The predicted octanol–water partition coefficient (Wildman–Crippen LogP) is 2.79. The highest BCUT2D eigenvalue weighted by Crippen LogP contribution is 2.33. The first kappa shape index (κ1) is 18.4. The molecule has 0 spiro atoms. The minimum absolute atomic E-state index is 0.0180. The van der Waals surface area contributed by atoms with Gasteiger partial charge in [0.05, 0.1) is 6.54 Å². The molecule has 2 amide bonds. The first-order chi connectivity index (χ1) is 13.8. The monoisotopic (exact) mass is 384 g/mol. The van der Waals surface area contributed by atoms with Crippen LogP contribution in [0.1, 0.15) is 21.5 Å². The van der Waals surface area contributed by atoms with Gasteiger partial charge < -0.3 is 16.4 Å². The van der Waals surface area contributed by atoms with Crippen LogP contribution in [0.4, 0.5) is 0 Å². The lowest BCUT2D eigenvalue weighted by atomic mass is 9.95. The van der Waals surface area contributed by atoms with Crippen LogP contribution < -0.4 is 11.5 Å². The fraction of sp³-hybridized carbons (Fsp3) is 0.0870. The summed E-state index contributed by atoms with van der Waals surface area (Å²) in [7, 11) is 0. The average Bonchev–Trinajstić information content (AvgIpc) is 3.03. The zero-order chi connectivity index (χ0) is 20.7. The number of nitrogens with two attached hydrogens (primary N) is 2. The second kappa shape index (κ2) is 6.91. The van der Waals surface area contributed by atoms with Gasteiger partial charge in [-0.15, -0.1) is 0 Å². The minimum Gasteiger partial charge on any atom is -0.384 e. The van der Waals surface area contributed by atoms with Gasteiger partial charge in [-0.3, -0.25) is 15.0 Å². The van der Waals surface area contributed by atoms with Crippen LogP contribution in [0.5, 0.6) is 0 Å². The van der Waals surface area contributed by atoms with Gasteiger partial charge in [-0.2, -0.15) is 0 Å². The molecular formula is C23H20N4O2. The van der Waals surface area contributed by atoms with Gasteiger partial charge in [-0.05, 0) is 45.7 Å². The van der Waals surface area contributed by atoms with E-state index in [1.165, 1.54) is 0 Å². The number of benzene rings is 3. The zero-order valence-electron chi connectivity index (χ0n) is 15.7. The van der Waals surface area contributed by atoms with Crippen molar-refractivity contribution in [3.8, 4) is 11.1 Å². The summed E-state index contributed by atoms with van der Waals surface area (Å²) in [5.41, 5.74) is 15.2. The molecule has 0 saturated heterocycles. The van der Waals surface area contributed by atoms with E-state index in [2.05, 4.69) is 6.58 Å². The zero-order valence-corrected chi connectivity index (χ0v) is 15.7. The first-order valence-electron chi connectivity index (χ1n) is 9.12. The Morgan fingerprint density at radius 2 is 1.79 bits per heavy atom. The second-order valence-corrected chi connectivity index (χ2v) is 7.15. The van der Waals surface area contributed by atoms with Crippen molar-refractivity contribution >= 4 is 28.4 Å². The van der Waals surface area contributed by atoms with Crippen LogP contribution in [0.15, 0.2) is 66.7 Å². The molecule has 0 fully saturated rings. The number of carbonyl (C=O) groups is 2. The lowest BCUT2D eigenvalue weighted by Gasteiger charge is -2.15. The van der Waals surface area contributed by atoms with Crippen molar-refractivity contribution in [2.75, 3.05) is 6.54 Å². The van der Waals surface area contributed by atoms with Gasteiger partial charge in [0.25, 0.3) is 5.91 Å². The molecule has 1 aliphatic heterocycles. The van der Waals surface area contributed by atoms with Crippen molar-refractivity contribution in [2.24, 2.45) is 11.5 Å². The smallest absolute Gasteiger partial charge is 0.254 e. The van der Waals surface area contributed by atoms with E-state index in [4.69, 9.17) is 16.9 Å². The Morgan fingerprint density at radius 3 is 2.52 bits per heavy atom. The topological polar surface area (TPSA) is 113 Å². The molecule has 6 nitrogen and oxygen atoms in total. The van der Waals surface area contributed by atoms with Crippen LogP contribution in [-0.2, 0) is 11.3 Å². The van der Waals surface area contributed by atoms with Gasteiger partial charge in [-0.25, -0.2) is 0 Å². The minimum atomic E-state index is -0.605. The molecule has 6 heteroatoms. The quantitative estimate of drug-likeness (QED) is 0.357. The Morgan fingerprint density at radius 1 is 1.07 bits per heavy atom. The molecule has 1 heterocycles. The Labute approximate surface area is 167 Å². The summed E-state index contributed by atoms with van der Waals surface area (Å²) in [4.78, 5) is 25.7. The van der Waals surface area contributed by atoms with Crippen molar-refractivity contribution in [2.45, 2.75) is 6.54 Å². The molecule has 0 radical (unpaired) electrons. The summed E-state index contributed by atoms with van der Waals surface area (Å²) in [6.45, 7) is 4.17. The first-order valence-corrected chi connectivity index (χ1v) is 9.12. The number of carbonyl (C=O) groups excluding carboxylic acids is 2. The van der Waals surface area contributed by atoms with Gasteiger partial charge in [0.15, 0.2) is 0 Å². The molecular weight excluding hydrogens is 364 g/mol. The third-order valence-corrected chi connectivity index (χ3v) is 5.24. The largest absolute Gasteiger partial charge is 0.384 e. The SMILES string of the molecule is C=C(CN1Cc2c(ccc3ccc(-c4cccc(C(=N)N)c4)cc23)C1=O)C(N)=O. The molecule has 29 heavy (non-hydrogen) atoms. The van der Waals surface area contributed by atoms with Gasteiger partial charge in [0.1, 0.15) is 5.84 Å². The number of rotatable bonds is 5. The third kappa shape index (κ3) is 3.25. The number of nitrogens with zero attached hydrogens (tertiary/aromatic N) is 1. The number of primary amides is 1. The molecule has 0 unspecified atom stereocenters. The maximum absolute atomic E-state index is 12.8. The van der Waals surface area contributed by atoms with Gasteiger partial charge in [0, 0.05) is 23.2 Å². The van der Waals surface area contributed by atoms with E-state index in [-0.39, 0.29) is 23.9 Å². The highest BCUT2D eigenvalue weighted by molar-refractivity contribution is 6.06. The maximum Gasteiger partial charge on any atom is 0.254 e. The number of fused-ring (bicyclic) bond motifs is 3. The van der Waals surface area contributed by atoms with E-state index < -0.39 is 5.91 Å². The maximum atomic E-state index is 12.8. The summed E-state index contributed by atoms with van der Waals surface area (Å²) in [5, 5.41) is 9.66. The number of nitrogen functional groups attached to an aromatic ring is 1. The lowest BCUT2D eigenvalue weighted by molar-refractivity contribution is -0.114. The number of amides is 2. The summed E-state index contributed by atoms with van der Waals surface area (Å²) in [5.74, 6) is -0.719. The lowest BCUT2D eigenvalue weighted by Crippen LogP contribution is -2.30. The molecule has 0 saturated carbocycles. The van der Waals surface area contributed by atoms with Crippen molar-refractivity contribution in [3.05, 3.63) is 83.4 Å². The van der Waals surface area contributed by atoms with Crippen LogP contribution in [0.3, 0.4) is 0 Å².